The van der Waals surface area contributed by atoms with E-state index < -0.39 is 0 Å². The van der Waals surface area contributed by atoms with Gasteiger partial charge < -0.3 is 10.6 Å². The van der Waals surface area contributed by atoms with Crippen LogP contribution < -0.4 is 10.6 Å². The van der Waals surface area contributed by atoms with E-state index >= 15 is 0 Å². The van der Waals surface area contributed by atoms with Gasteiger partial charge in [-0.05, 0) is 31.0 Å². The van der Waals surface area contributed by atoms with Gasteiger partial charge in [-0.15, -0.1) is 0 Å². The molecule has 2 N–H and O–H groups in total. The monoisotopic (exact) mass is 477 g/mol. The maximum Gasteiger partial charge on any atom is 0.251 e. The topological polar surface area (TPSA) is 71.3 Å². The number of carbonyl (C=O) groups excluding carboxylic acids is 1. The minimum absolute atomic E-state index is 0.0441. The molecule has 5 aromatic rings. The molecule has 0 radical (unpaired) electrons. The molecule has 2 heterocycles. The van der Waals surface area contributed by atoms with Gasteiger partial charge in [0.25, 0.3) is 5.91 Å². The van der Waals surface area contributed by atoms with Crippen molar-refractivity contribution in [2.24, 2.45) is 0 Å². The third-order valence-electron chi connectivity index (χ3n) is 6.32. The Hall–Kier alpha value is -4.52. The van der Waals surface area contributed by atoms with Crippen LogP contribution >= 0.6 is 0 Å². The first-order chi connectivity index (χ1) is 17.7. The summed E-state index contributed by atoms with van der Waals surface area (Å²) in [5.74, 6) is 0.249. The normalized spacial score (nSPS) is 13.0. The van der Waals surface area contributed by atoms with Crippen LogP contribution in [-0.4, -0.2) is 26.3 Å². The number of rotatable bonds is 7. The van der Waals surface area contributed by atoms with Crippen LogP contribution in [-0.2, 0) is 6.54 Å². The summed E-state index contributed by atoms with van der Waals surface area (Å²) in [6, 6.07) is 24.4. The lowest BCUT2D eigenvalue weighted by Crippen LogP contribution is -2.25. The predicted octanol–water partition coefficient (Wildman–Crippen LogP) is 5.71. The summed E-state index contributed by atoms with van der Waals surface area (Å²) in [6.45, 7) is 0.278. The second kappa shape index (κ2) is 9.26. The Labute approximate surface area is 207 Å². The van der Waals surface area contributed by atoms with E-state index in [1.807, 2.05) is 71.3 Å². The maximum absolute atomic E-state index is 14.2. The lowest BCUT2D eigenvalue weighted by molar-refractivity contribution is 0.0951. The van der Waals surface area contributed by atoms with Gasteiger partial charge in [0.2, 0.25) is 0 Å². The first kappa shape index (κ1) is 22.0. The summed E-state index contributed by atoms with van der Waals surface area (Å²) < 4.78 is 16.2. The van der Waals surface area contributed by atoms with Gasteiger partial charge in [-0.2, -0.15) is 0 Å². The van der Waals surface area contributed by atoms with Crippen molar-refractivity contribution in [1.82, 2.24) is 19.7 Å². The fourth-order valence-electron chi connectivity index (χ4n) is 4.18. The van der Waals surface area contributed by atoms with E-state index in [2.05, 4.69) is 15.6 Å². The molecule has 6 nitrogen and oxygen atoms in total. The van der Waals surface area contributed by atoms with Crippen LogP contribution in [0.4, 0.5) is 10.2 Å². The van der Waals surface area contributed by atoms with Crippen molar-refractivity contribution in [3.05, 3.63) is 108 Å². The molecule has 36 heavy (non-hydrogen) atoms. The number of nitrogens with one attached hydrogen (secondary N) is 2. The molecular formula is C29H24FN5O. The van der Waals surface area contributed by atoms with Crippen LogP contribution in [0.1, 0.15) is 28.8 Å². The molecule has 2 aromatic heterocycles. The van der Waals surface area contributed by atoms with E-state index in [0.29, 0.717) is 28.6 Å². The van der Waals surface area contributed by atoms with E-state index in [9.17, 15) is 9.18 Å². The van der Waals surface area contributed by atoms with E-state index in [1.54, 1.807) is 18.3 Å². The van der Waals surface area contributed by atoms with Crippen molar-refractivity contribution in [2.45, 2.75) is 25.4 Å². The van der Waals surface area contributed by atoms with Gasteiger partial charge in [-0.3, -0.25) is 9.20 Å². The number of nitrogens with zero attached hydrogens (tertiary/aromatic N) is 3. The zero-order chi connectivity index (χ0) is 24.5. The van der Waals surface area contributed by atoms with Gasteiger partial charge in [0.1, 0.15) is 5.82 Å². The van der Waals surface area contributed by atoms with Crippen molar-refractivity contribution in [3.8, 4) is 22.5 Å². The maximum atomic E-state index is 14.2. The molecule has 1 saturated carbocycles. The Balaban J connectivity index is 1.38. The highest BCUT2D eigenvalue weighted by Gasteiger charge is 2.23. The Morgan fingerprint density at radius 1 is 0.944 bits per heavy atom. The Morgan fingerprint density at radius 3 is 2.44 bits per heavy atom. The third-order valence-corrected chi connectivity index (χ3v) is 6.32. The number of carbonyl (C=O) groups is 1. The lowest BCUT2D eigenvalue weighted by atomic mass is 10.1. The number of benzene rings is 3. The molecule has 0 aliphatic heterocycles. The summed E-state index contributed by atoms with van der Waals surface area (Å²) in [5, 5.41) is 6.30. The van der Waals surface area contributed by atoms with Crippen molar-refractivity contribution in [1.29, 1.82) is 0 Å². The van der Waals surface area contributed by atoms with Crippen molar-refractivity contribution in [3.63, 3.8) is 0 Å². The van der Waals surface area contributed by atoms with E-state index in [-0.39, 0.29) is 18.3 Å². The van der Waals surface area contributed by atoms with Gasteiger partial charge >= 0.3 is 0 Å². The minimum atomic E-state index is -0.268. The molecule has 0 saturated heterocycles. The van der Waals surface area contributed by atoms with Crippen LogP contribution in [0, 0.1) is 5.82 Å². The number of halogens is 1. The summed E-state index contributed by atoms with van der Waals surface area (Å²) >= 11 is 0. The van der Waals surface area contributed by atoms with Crippen LogP contribution in [0.15, 0.2) is 91.3 Å². The van der Waals surface area contributed by atoms with E-state index in [0.717, 1.165) is 35.4 Å². The predicted molar refractivity (Wildman–Crippen MR) is 138 cm³/mol. The Kier molecular flexibility index (Phi) is 5.65. The molecular weight excluding hydrogens is 453 g/mol. The van der Waals surface area contributed by atoms with Gasteiger partial charge in [-0.25, -0.2) is 14.4 Å². The standard InChI is InChI=1S/C29H24FN5O/c30-24-9-5-4-8-22(24)16-31-27-28-32-17-26(35(28)18-25(34-27)19-6-2-1-3-7-19)20-10-12-21(13-11-20)29(36)33-23-14-15-23/h1-13,17-18,23H,14-16H2,(H,31,34)(H,33,36). The molecule has 3 aromatic carbocycles. The van der Waals surface area contributed by atoms with Crippen molar-refractivity contribution < 1.29 is 9.18 Å². The third kappa shape index (κ3) is 4.43. The SMILES string of the molecule is O=C(NC1CC1)c1ccc(-c2cnc3c(NCc4ccccc4F)nc(-c4ccccc4)cn23)cc1. The number of imidazole rings is 1. The molecule has 0 unspecified atom stereocenters. The number of anilines is 1. The van der Waals surface area contributed by atoms with Crippen molar-refractivity contribution in [2.75, 3.05) is 5.32 Å². The van der Waals surface area contributed by atoms with Crippen LogP contribution in [0.5, 0.6) is 0 Å². The molecule has 178 valence electrons. The number of hydrogen-bond acceptors (Lipinski definition) is 4. The highest BCUT2D eigenvalue weighted by Crippen LogP contribution is 2.28. The summed E-state index contributed by atoms with van der Waals surface area (Å²) in [5.41, 5.74) is 5.34. The molecule has 0 atom stereocenters. The summed E-state index contributed by atoms with van der Waals surface area (Å²) in [6.07, 6.45) is 5.85. The largest absolute Gasteiger partial charge is 0.363 e. The number of amides is 1. The second-order valence-corrected chi connectivity index (χ2v) is 8.95. The summed E-state index contributed by atoms with van der Waals surface area (Å²) in [4.78, 5) is 21.9. The Bertz CT molecular complexity index is 1540. The zero-order valence-electron chi connectivity index (χ0n) is 19.5. The Morgan fingerprint density at radius 2 is 1.69 bits per heavy atom. The number of fused-ring (bicyclic) bond motifs is 1. The average Bonchev–Trinajstić information content (AvgIpc) is 3.63. The minimum Gasteiger partial charge on any atom is -0.363 e. The van der Waals surface area contributed by atoms with E-state index in [4.69, 9.17) is 4.98 Å². The number of hydrogen-bond donors (Lipinski definition) is 2. The zero-order valence-corrected chi connectivity index (χ0v) is 19.5. The molecule has 1 aliphatic rings. The van der Waals surface area contributed by atoms with E-state index in [1.165, 1.54) is 6.07 Å². The fraction of sp³-hybridized carbons (Fsp3) is 0.138. The molecule has 0 spiro atoms. The fourth-order valence-corrected chi connectivity index (χ4v) is 4.18. The van der Waals surface area contributed by atoms with Crippen LogP contribution in [0.25, 0.3) is 28.2 Å². The van der Waals surface area contributed by atoms with Crippen molar-refractivity contribution >= 4 is 17.4 Å². The van der Waals surface area contributed by atoms with Crippen LogP contribution in [0.2, 0.25) is 0 Å². The molecule has 1 fully saturated rings. The molecule has 7 heteroatoms. The average molecular weight is 478 g/mol. The first-order valence-electron chi connectivity index (χ1n) is 12.0. The van der Waals surface area contributed by atoms with Gasteiger partial charge in [0.05, 0.1) is 17.6 Å². The molecule has 1 amide bonds. The summed E-state index contributed by atoms with van der Waals surface area (Å²) in [7, 11) is 0. The molecule has 6 rings (SSSR count). The van der Waals surface area contributed by atoms with Crippen LogP contribution in [0.3, 0.4) is 0 Å². The first-order valence-corrected chi connectivity index (χ1v) is 12.0. The highest BCUT2D eigenvalue weighted by molar-refractivity contribution is 5.95. The highest BCUT2D eigenvalue weighted by atomic mass is 19.1. The number of aromatic nitrogens is 3. The smallest absolute Gasteiger partial charge is 0.251 e. The molecule has 0 bridgehead atoms. The quantitative estimate of drug-likeness (QED) is 0.315. The van der Waals surface area contributed by atoms with Gasteiger partial charge in [-0.1, -0.05) is 60.7 Å². The van der Waals surface area contributed by atoms with Gasteiger partial charge in [0.15, 0.2) is 11.5 Å². The van der Waals surface area contributed by atoms with Gasteiger partial charge in [0, 0.05) is 41.0 Å². The second-order valence-electron chi connectivity index (χ2n) is 8.95. The lowest BCUT2D eigenvalue weighted by Gasteiger charge is -2.12. The molecule has 1 aliphatic carbocycles.